The van der Waals surface area contributed by atoms with Gasteiger partial charge in [-0.25, -0.2) is 0 Å². The van der Waals surface area contributed by atoms with Crippen molar-refractivity contribution in [3.05, 3.63) is 0 Å². The fraction of sp³-hybridized carbons (Fsp3) is 0.944. The van der Waals surface area contributed by atoms with E-state index in [1.807, 2.05) is 0 Å². The maximum Gasteiger partial charge on any atom is 0.305 e. The smallest absolute Gasteiger partial charge is 0.305 e. The largest absolute Gasteiger partial charge is 0.463 e. The summed E-state index contributed by atoms with van der Waals surface area (Å²) in [5.41, 5.74) is 0. The molecule has 1 unspecified atom stereocenters. The van der Waals surface area contributed by atoms with Crippen molar-refractivity contribution in [2.24, 2.45) is 0 Å². The Morgan fingerprint density at radius 1 is 1.08 bits per heavy atom. The van der Waals surface area contributed by atoms with Crippen molar-refractivity contribution in [2.45, 2.75) is 95.5 Å². The average Bonchev–Trinajstić information content (AvgIpc) is 2.90. The van der Waals surface area contributed by atoms with Gasteiger partial charge in [0.15, 0.2) is 0 Å². The molecule has 0 bridgehead atoms. The number of unbranched alkanes of at least 4 members (excludes halogenated alkanes) is 8. The van der Waals surface area contributed by atoms with Gasteiger partial charge in [0.1, 0.15) is 31.0 Å². The summed E-state index contributed by atoms with van der Waals surface area (Å²) in [4.78, 5) is 11.6. The highest BCUT2D eigenvalue weighted by molar-refractivity contribution is 5.69. The first-order chi connectivity index (χ1) is 11.6. The highest BCUT2D eigenvalue weighted by Gasteiger charge is 2.39. The summed E-state index contributed by atoms with van der Waals surface area (Å²) in [6, 6.07) is 0. The predicted molar refractivity (Wildman–Crippen MR) is 90.6 cm³/mol. The summed E-state index contributed by atoms with van der Waals surface area (Å²) in [5.74, 6) is -0.343. The lowest BCUT2D eigenvalue weighted by Gasteiger charge is -2.20. The third-order valence-electron chi connectivity index (χ3n) is 4.47. The first kappa shape index (κ1) is 21.4. The standard InChI is InChI=1S/C18H34O6/c1-2-3-4-5-6-7-8-9-10-11-16(21)23-13-15(20)18-17(22)14(19)12-24-18/h14-15,17-20,22H,2-13H2,1H3/t14-,15-,17?,18-/m1/s1. The molecule has 0 amide bonds. The molecule has 0 saturated carbocycles. The van der Waals surface area contributed by atoms with Crippen LogP contribution >= 0.6 is 0 Å². The molecule has 24 heavy (non-hydrogen) atoms. The number of carbonyl (C=O) groups excluding carboxylic acids is 1. The van der Waals surface area contributed by atoms with E-state index in [9.17, 15) is 20.1 Å². The van der Waals surface area contributed by atoms with Crippen molar-refractivity contribution >= 4 is 5.97 Å². The lowest BCUT2D eigenvalue weighted by atomic mass is 10.1. The molecule has 1 aliphatic rings. The number of rotatable bonds is 13. The van der Waals surface area contributed by atoms with E-state index in [0.717, 1.165) is 19.3 Å². The SMILES string of the molecule is CCCCCCCCCCCC(=O)OC[C@@H](O)[C@H]1OC[C@@H](O)C1O. The number of hydrogen-bond donors (Lipinski definition) is 3. The second-order valence-corrected chi connectivity index (χ2v) is 6.68. The van der Waals surface area contributed by atoms with E-state index < -0.39 is 24.4 Å². The molecule has 1 heterocycles. The molecule has 0 spiro atoms. The summed E-state index contributed by atoms with van der Waals surface area (Å²) in [6.45, 7) is 1.98. The Morgan fingerprint density at radius 3 is 2.21 bits per heavy atom. The lowest BCUT2D eigenvalue weighted by Crippen LogP contribution is -2.41. The van der Waals surface area contributed by atoms with Crippen LogP contribution in [0.15, 0.2) is 0 Å². The number of carbonyl (C=O) groups is 1. The number of aliphatic hydroxyl groups is 3. The molecule has 4 atom stereocenters. The second kappa shape index (κ2) is 12.6. The van der Waals surface area contributed by atoms with Crippen LogP contribution in [0.25, 0.3) is 0 Å². The Hall–Kier alpha value is -0.690. The van der Waals surface area contributed by atoms with Crippen molar-refractivity contribution in [1.82, 2.24) is 0 Å². The quantitative estimate of drug-likeness (QED) is 0.348. The fourth-order valence-corrected chi connectivity index (χ4v) is 2.89. The zero-order chi connectivity index (χ0) is 17.8. The van der Waals surface area contributed by atoms with Gasteiger partial charge >= 0.3 is 5.97 Å². The molecule has 0 aliphatic carbocycles. The van der Waals surface area contributed by atoms with E-state index >= 15 is 0 Å². The highest BCUT2D eigenvalue weighted by Crippen LogP contribution is 2.18. The Bertz CT molecular complexity index is 335. The Kier molecular flexibility index (Phi) is 11.2. The normalized spacial score (nSPS) is 24.9. The second-order valence-electron chi connectivity index (χ2n) is 6.68. The van der Waals surface area contributed by atoms with E-state index in [0.29, 0.717) is 6.42 Å². The van der Waals surface area contributed by atoms with Gasteiger partial charge in [-0.1, -0.05) is 58.3 Å². The Balaban J connectivity index is 1.96. The van der Waals surface area contributed by atoms with Gasteiger partial charge in [0, 0.05) is 6.42 Å². The van der Waals surface area contributed by atoms with Gasteiger partial charge in [0.05, 0.1) is 6.61 Å². The third-order valence-corrected chi connectivity index (χ3v) is 4.47. The molecule has 0 radical (unpaired) electrons. The molecule has 3 N–H and O–H groups in total. The number of ether oxygens (including phenoxy) is 2. The average molecular weight is 346 g/mol. The minimum Gasteiger partial charge on any atom is -0.463 e. The molecular formula is C18H34O6. The highest BCUT2D eigenvalue weighted by atomic mass is 16.6. The van der Waals surface area contributed by atoms with E-state index in [1.54, 1.807) is 0 Å². The van der Waals surface area contributed by atoms with Gasteiger partial charge in [-0.15, -0.1) is 0 Å². The maximum absolute atomic E-state index is 11.6. The molecular weight excluding hydrogens is 312 g/mol. The van der Waals surface area contributed by atoms with Crippen molar-refractivity contribution < 1.29 is 29.6 Å². The molecule has 0 aromatic heterocycles. The summed E-state index contributed by atoms with van der Waals surface area (Å²) in [7, 11) is 0. The van der Waals surface area contributed by atoms with E-state index in [2.05, 4.69) is 6.92 Å². The Morgan fingerprint density at radius 2 is 1.67 bits per heavy atom. The minimum atomic E-state index is -1.14. The van der Waals surface area contributed by atoms with E-state index in [1.165, 1.54) is 38.5 Å². The molecule has 1 rings (SSSR count). The minimum absolute atomic E-state index is 0.0186. The van der Waals surface area contributed by atoms with Gasteiger partial charge in [-0.3, -0.25) is 4.79 Å². The van der Waals surface area contributed by atoms with Crippen LogP contribution in [0.1, 0.15) is 71.1 Å². The van der Waals surface area contributed by atoms with Crippen LogP contribution in [-0.2, 0) is 14.3 Å². The van der Waals surface area contributed by atoms with E-state index in [-0.39, 0.29) is 19.2 Å². The van der Waals surface area contributed by atoms with Crippen LogP contribution in [0.2, 0.25) is 0 Å². The van der Waals surface area contributed by atoms with Crippen molar-refractivity contribution in [3.63, 3.8) is 0 Å². The van der Waals surface area contributed by atoms with Gasteiger partial charge < -0.3 is 24.8 Å². The van der Waals surface area contributed by atoms with Gasteiger partial charge in [0.2, 0.25) is 0 Å². The Labute approximate surface area is 145 Å². The molecule has 1 saturated heterocycles. The summed E-state index contributed by atoms with van der Waals surface area (Å²) in [5, 5.41) is 28.8. The molecule has 0 aromatic rings. The van der Waals surface area contributed by atoms with Crippen molar-refractivity contribution in [1.29, 1.82) is 0 Å². The summed E-state index contributed by atoms with van der Waals surface area (Å²) < 4.78 is 10.1. The predicted octanol–water partition coefficient (Wildman–Crippen LogP) is 1.93. The first-order valence-corrected chi connectivity index (χ1v) is 9.37. The van der Waals surface area contributed by atoms with Crippen molar-refractivity contribution in [2.75, 3.05) is 13.2 Å². The molecule has 1 aliphatic heterocycles. The van der Waals surface area contributed by atoms with Crippen LogP contribution in [0.5, 0.6) is 0 Å². The van der Waals surface area contributed by atoms with E-state index in [4.69, 9.17) is 9.47 Å². The maximum atomic E-state index is 11.6. The van der Waals surface area contributed by atoms with Crippen molar-refractivity contribution in [3.8, 4) is 0 Å². The van der Waals surface area contributed by atoms with Crippen LogP contribution in [-0.4, -0.2) is 58.9 Å². The lowest BCUT2D eigenvalue weighted by molar-refractivity contribution is -0.151. The molecule has 6 nitrogen and oxygen atoms in total. The number of aliphatic hydroxyl groups excluding tert-OH is 3. The monoisotopic (exact) mass is 346 g/mol. The fourth-order valence-electron chi connectivity index (χ4n) is 2.89. The van der Waals surface area contributed by atoms with Crippen LogP contribution in [0.4, 0.5) is 0 Å². The van der Waals surface area contributed by atoms with Gasteiger partial charge in [-0.2, -0.15) is 0 Å². The first-order valence-electron chi connectivity index (χ1n) is 9.37. The topological polar surface area (TPSA) is 96.2 Å². The molecule has 142 valence electrons. The zero-order valence-corrected chi connectivity index (χ0v) is 14.9. The van der Waals surface area contributed by atoms with Crippen LogP contribution in [0, 0.1) is 0 Å². The number of hydrogen-bond acceptors (Lipinski definition) is 6. The zero-order valence-electron chi connectivity index (χ0n) is 14.9. The van der Waals surface area contributed by atoms with Crippen LogP contribution < -0.4 is 0 Å². The summed E-state index contributed by atoms with van der Waals surface area (Å²) in [6.07, 6.45) is 6.84. The number of esters is 1. The molecule has 6 heteroatoms. The summed E-state index contributed by atoms with van der Waals surface area (Å²) >= 11 is 0. The third kappa shape index (κ3) is 8.42. The molecule has 1 fully saturated rings. The molecule has 0 aromatic carbocycles. The van der Waals surface area contributed by atoms with Gasteiger partial charge in [-0.05, 0) is 6.42 Å². The van der Waals surface area contributed by atoms with Gasteiger partial charge in [0.25, 0.3) is 0 Å². The van der Waals surface area contributed by atoms with Crippen LogP contribution in [0.3, 0.4) is 0 Å².